The number of nitrogens with one attached hydrogen (secondary N) is 1. The normalized spacial score (nSPS) is 11.6. The van der Waals surface area contributed by atoms with Crippen LogP contribution in [0.3, 0.4) is 0 Å². The van der Waals surface area contributed by atoms with Crippen LogP contribution in [0.5, 0.6) is 0 Å². The van der Waals surface area contributed by atoms with Crippen molar-refractivity contribution >= 4 is 45.8 Å². The van der Waals surface area contributed by atoms with E-state index in [2.05, 4.69) is 15.6 Å². The minimum atomic E-state index is -4.63. The van der Waals surface area contributed by atoms with Crippen LogP contribution in [0.25, 0.3) is 11.0 Å². The Labute approximate surface area is 154 Å². The van der Waals surface area contributed by atoms with Crippen LogP contribution < -0.4 is 10.2 Å². The number of fused-ring (bicyclic) bond motifs is 1. The molecule has 3 rings (SSSR count). The minimum absolute atomic E-state index is 0.0678. The van der Waals surface area contributed by atoms with Crippen LogP contribution in [0.15, 0.2) is 36.4 Å². The lowest BCUT2D eigenvalue weighted by Gasteiger charge is -2.12. The summed E-state index contributed by atoms with van der Waals surface area (Å²) >= 11 is 11.4. The molecular weight excluding hydrogens is 396 g/mol. The van der Waals surface area contributed by atoms with Gasteiger partial charge in [0.05, 0.1) is 10.6 Å². The third kappa shape index (κ3) is 4.00. The molecule has 136 valence electrons. The Morgan fingerprint density at radius 2 is 1.96 bits per heavy atom. The van der Waals surface area contributed by atoms with Gasteiger partial charge in [0.25, 0.3) is 5.91 Å². The average molecular weight is 405 g/mol. The fourth-order valence-corrected chi connectivity index (χ4v) is 2.49. The summed E-state index contributed by atoms with van der Waals surface area (Å²) < 4.78 is 38.5. The number of amides is 1. The van der Waals surface area contributed by atoms with Crippen molar-refractivity contribution in [3.8, 4) is 0 Å². The summed E-state index contributed by atoms with van der Waals surface area (Å²) in [6, 6.07) is 7.83. The molecule has 26 heavy (non-hydrogen) atoms. The summed E-state index contributed by atoms with van der Waals surface area (Å²) in [4.78, 5) is 18.1. The molecule has 0 spiro atoms. The molecule has 0 radical (unpaired) electrons. The molecule has 1 heterocycles. The van der Waals surface area contributed by atoms with Crippen LogP contribution >= 0.6 is 23.2 Å². The number of carbonyl (C=O) groups excluding carboxylic acids is 1. The first kappa shape index (κ1) is 18.3. The predicted octanol–water partition coefficient (Wildman–Crippen LogP) is 3.82. The molecule has 0 unspecified atom stereocenters. The van der Waals surface area contributed by atoms with Gasteiger partial charge >= 0.3 is 6.18 Å². The molecule has 2 aromatic carbocycles. The van der Waals surface area contributed by atoms with E-state index in [1.54, 1.807) is 18.2 Å². The van der Waals surface area contributed by atoms with Crippen molar-refractivity contribution in [2.75, 3.05) is 11.9 Å². The van der Waals surface area contributed by atoms with Crippen LogP contribution in [0.2, 0.25) is 10.0 Å². The van der Waals surface area contributed by atoms with Crippen molar-refractivity contribution < 1.29 is 22.8 Å². The Hall–Kier alpha value is -2.52. The Balaban J connectivity index is 1.68. The molecule has 0 fully saturated rings. The summed E-state index contributed by atoms with van der Waals surface area (Å²) in [6.45, 7) is -0.505. The highest BCUT2D eigenvalue weighted by Gasteiger charge is 2.33. The van der Waals surface area contributed by atoms with Gasteiger partial charge in [0.1, 0.15) is 11.0 Å². The van der Waals surface area contributed by atoms with Crippen molar-refractivity contribution in [3.05, 3.63) is 52.0 Å². The maximum absolute atomic E-state index is 12.8. The first-order valence-electron chi connectivity index (χ1n) is 7.05. The third-order valence-corrected chi connectivity index (χ3v) is 3.82. The molecule has 1 aromatic heterocycles. The van der Waals surface area contributed by atoms with E-state index in [9.17, 15) is 18.0 Å². The number of hydrogen-bond donors (Lipinski definition) is 1. The molecular formula is C15H9Cl2F3N4O2. The summed E-state index contributed by atoms with van der Waals surface area (Å²) in [6.07, 6.45) is -4.63. The summed E-state index contributed by atoms with van der Waals surface area (Å²) in [5, 5.41) is 9.80. The third-order valence-electron chi connectivity index (χ3n) is 3.25. The zero-order valence-corrected chi connectivity index (χ0v) is 14.2. The van der Waals surface area contributed by atoms with Gasteiger partial charge in [-0.3, -0.25) is 4.79 Å². The molecule has 6 nitrogen and oxygen atoms in total. The number of carbonyl (C=O) groups is 1. The van der Waals surface area contributed by atoms with Crippen molar-refractivity contribution in [1.29, 1.82) is 0 Å². The number of anilines is 1. The van der Waals surface area contributed by atoms with Gasteiger partial charge in [-0.15, -0.1) is 5.10 Å². The Kier molecular flexibility index (Phi) is 4.92. The quantitative estimate of drug-likeness (QED) is 0.717. The van der Waals surface area contributed by atoms with E-state index in [1.165, 1.54) is 6.07 Å². The van der Waals surface area contributed by atoms with Gasteiger partial charge in [-0.1, -0.05) is 28.0 Å². The SMILES string of the molecule is O=C(COn1nnc2ccc(Cl)cc21)Nc1ccc(Cl)c(C(F)(F)F)c1. The molecule has 0 aliphatic heterocycles. The second-order valence-electron chi connectivity index (χ2n) is 5.11. The van der Waals surface area contributed by atoms with E-state index in [0.29, 0.717) is 16.1 Å². The minimum Gasteiger partial charge on any atom is -0.385 e. The maximum atomic E-state index is 12.8. The molecule has 0 bridgehead atoms. The standard InChI is InChI=1S/C15H9Cl2F3N4O2/c16-8-1-4-12-13(5-8)24(23-22-12)26-7-14(25)21-9-2-3-11(17)10(6-9)15(18,19)20/h1-6H,7H2,(H,21,25). The molecule has 0 saturated carbocycles. The Bertz CT molecular complexity index is 975. The van der Waals surface area contributed by atoms with Gasteiger partial charge in [0.15, 0.2) is 6.61 Å². The zero-order valence-electron chi connectivity index (χ0n) is 12.7. The van der Waals surface area contributed by atoms with E-state index < -0.39 is 29.3 Å². The molecule has 11 heteroatoms. The average Bonchev–Trinajstić information content (AvgIpc) is 2.96. The largest absolute Gasteiger partial charge is 0.417 e. The molecule has 3 aromatic rings. The van der Waals surface area contributed by atoms with Crippen molar-refractivity contribution in [2.24, 2.45) is 0 Å². The van der Waals surface area contributed by atoms with Crippen LogP contribution in [0.4, 0.5) is 18.9 Å². The van der Waals surface area contributed by atoms with Gasteiger partial charge < -0.3 is 10.2 Å². The molecule has 0 aliphatic carbocycles. The fraction of sp³-hybridized carbons (Fsp3) is 0.133. The van der Waals surface area contributed by atoms with Crippen LogP contribution in [0.1, 0.15) is 5.56 Å². The highest BCUT2D eigenvalue weighted by atomic mass is 35.5. The fourth-order valence-electron chi connectivity index (χ4n) is 2.10. The van der Waals surface area contributed by atoms with Crippen molar-refractivity contribution in [1.82, 2.24) is 15.2 Å². The monoisotopic (exact) mass is 404 g/mol. The van der Waals surface area contributed by atoms with Crippen LogP contribution in [-0.2, 0) is 11.0 Å². The lowest BCUT2D eigenvalue weighted by Crippen LogP contribution is -2.26. The van der Waals surface area contributed by atoms with Crippen LogP contribution in [-0.4, -0.2) is 27.7 Å². The molecule has 0 saturated heterocycles. The molecule has 1 N–H and O–H groups in total. The van der Waals surface area contributed by atoms with E-state index in [1.807, 2.05) is 0 Å². The van der Waals surface area contributed by atoms with E-state index in [4.69, 9.17) is 28.0 Å². The van der Waals surface area contributed by atoms with Crippen LogP contribution in [0, 0.1) is 0 Å². The van der Waals surface area contributed by atoms with Gasteiger partial charge in [-0.2, -0.15) is 13.2 Å². The molecule has 1 amide bonds. The van der Waals surface area contributed by atoms with Crippen molar-refractivity contribution in [2.45, 2.75) is 6.18 Å². The highest BCUT2D eigenvalue weighted by Crippen LogP contribution is 2.36. The first-order valence-corrected chi connectivity index (χ1v) is 7.80. The van der Waals surface area contributed by atoms with E-state index in [0.717, 1.165) is 17.0 Å². The van der Waals surface area contributed by atoms with Gasteiger partial charge in [0, 0.05) is 10.7 Å². The number of aromatic nitrogens is 3. The number of hydrogen-bond acceptors (Lipinski definition) is 4. The summed E-state index contributed by atoms with van der Waals surface area (Å²) in [5.41, 5.74) is -0.171. The number of benzene rings is 2. The predicted molar refractivity (Wildman–Crippen MR) is 89.1 cm³/mol. The van der Waals surface area contributed by atoms with E-state index >= 15 is 0 Å². The number of nitrogens with zero attached hydrogens (tertiary/aromatic N) is 3. The summed E-state index contributed by atoms with van der Waals surface area (Å²) in [5.74, 6) is -0.689. The van der Waals surface area contributed by atoms with Gasteiger partial charge in [-0.05, 0) is 41.6 Å². The van der Waals surface area contributed by atoms with Gasteiger partial charge in [0.2, 0.25) is 0 Å². The number of rotatable bonds is 4. The second kappa shape index (κ2) is 7.00. The first-order chi connectivity index (χ1) is 12.2. The topological polar surface area (TPSA) is 69.0 Å². The Morgan fingerprint density at radius 1 is 1.19 bits per heavy atom. The maximum Gasteiger partial charge on any atom is 0.417 e. The Morgan fingerprint density at radius 3 is 2.69 bits per heavy atom. The van der Waals surface area contributed by atoms with E-state index in [-0.39, 0.29) is 5.69 Å². The molecule has 0 aliphatic rings. The lowest BCUT2D eigenvalue weighted by atomic mass is 10.2. The number of alkyl halides is 3. The lowest BCUT2D eigenvalue weighted by molar-refractivity contribution is -0.137. The molecule has 0 atom stereocenters. The highest BCUT2D eigenvalue weighted by molar-refractivity contribution is 6.31. The zero-order chi connectivity index (χ0) is 18.9. The van der Waals surface area contributed by atoms with Crippen molar-refractivity contribution in [3.63, 3.8) is 0 Å². The second-order valence-corrected chi connectivity index (χ2v) is 5.95. The smallest absolute Gasteiger partial charge is 0.385 e. The number of halogens is 5. The summed E-state index contributed by atoms with van der Waals surface area (Å²) in [7, 11) is 0. The van der Waals surface area contributed by atoms with Gasteiger partial charge in [-0.25, -0.2) is 0 Å².